The molecule has 0 amide bonds. The van der Waals surface area contributed by atoms with E-state index >= 15 is 0 Å². The first-order valence-electron chi connectivity index (χ1n) is 5.57. The van der Waals surface area contributed by atoms with Crippen LogP contribution in [-0.2, 0) is 9.84 Å². The first-order chi connectivity index (χ1) is 7.92. The fraction of sp³-hybridized carbons (Fsp3) is 0.500. The van der Waals surface area contributed by atoms with Gasteiger partial charge in [-0.25, -0.2) is 8.42 Å². The van der Waals surface area contributed by atoms with Crippen LogP contribution in [0.25, 0.3) is 0 Å². The average Bonchev–Trinajstić information content (AvgIpc) is 2.29. The van der Waals surface area contributed by atoms with Crippen LogP contribution in [0.2, 0.25) is 5.02 Å². The van der Waals surface area contributed by atoms with Crippen LogP contribution in [0.4, 0.5) is 0 Å². The summed E-state index contributed by atoms with van der Waals surface area (Å²) < 4.78 is 23.7. The molecule has 2 atom stereocenters. The quantitative estimate of drug-likeness (QED) is 0.899. The summed E-state index contributed by atoms with van der Waals surface area (Å²) in [6.07, 6.45) is -0.646. The summed E-state index contributed by atoms with van der Waals surface area (Å²) in [5, 5.41) is 9.85. The van der Waals surface area contributed by atoms with Crippen molar-refractivity contribution in [2.24, 2.45) is 0 Å². The number of hydrogen-bond acceptors (Lipinski definition) is 3. The van der Waals surface area contributed by atoms with Gasteiger partial charge in [0.25, 0.3) is 0 Å². The van der Waals surface area contributed by atoms with Crippen LogP contribution < -0.4 is 0 Å². The van der Waals surface area contributed by atoms with E-state index in [1.54, 1.807) is 38.1 Å². The molecule has 0 saturated carbocycles. The second-order valence-corrected chi connectivity index (χ2v) is 6.84. The van der Waals surface area contributed by atoms with Gasteiger partial charge in [-0.3, -0.25) is 0 Å². The molecule has 0 heterocycles. The molecule has 1 aromatic carbocycles. The highest BCUT2D eigenvalue weighted by molar-refractivity contribution is 7.92. The number of benzene rings is 1. The summed E-state index contributed by atoms with van der Waals surface area (Å²) in [7, 11) is -3.26. The average molecular weight is 277 g/mol. The van der Waals surface area contributed by atoms with Crippen molar-refractivity contribution >= 4 is 21.4 Å². The summed E-state index contributed by atoms with van der Waals surface area (Å²) in [6.45, 7) is 3.34. The van der Waals surface area contributed by atoms with Gasteiger partial charge in [-0.1, -0.05) is 37.6 Å². The lowest BCUT2D eigenvalue weighted by Gasteiger charge is -2.21. The Morgan fingerprint density at radius 2 is 2.00 bits per heavy atom. The van der Waals surface area contributed by atoms with E-state index in [0.29, 0.717) is 17.0 Å². The summed E-state index contributed by atoms with van der Waals surface area (Å²) in [5.41, 5.74) is 0.543. The molecule has 1 aromatic rings. The molecule has 3 nitrogen and oxygen atoms in total. The van der Waals surface area contributed by atoms with Gasteiger partial charge in [-0.2, -0.15) is 0 Å². The molecule has 0 bridgehead atoms. The van der Waals surface area contributed by atoms with Gasteiger partial charge in [0.05, 0.1) is 11.4 Å². The van der Waals surface area contributed by atoms with Gasteiger partial charge in [-0.05, 0) is 24.1 Å². The molecule has 0 spiro atoms. The van der Waals surface area contributed by atoms with E-state index in [1.807, 2.05) is 0 Å². The number of aliphatic hydroxyl groups is 1. The summed E-state index contributed by atoms with van der Waals surface area (Å²) in [5.74, 6) is 0.0309. The zero-order valence-electron chi connectivity index (χ0n) is 9.93. The fourth-order valence-corrected chi connectivity index (χ4v) is 3.48. The largest absolute Gasteiger partial charge is 0.387 e. The lowest BCUT2D eigenvalue weighted by molar-refractivity contribution is 0.169. The lowest BCUT2D eigenvalue weighted by Crippen LogP contribution is -2.29. The van der Waals surface area contributed by atoms with Crippen molar-refractivity contribution in [2.45, 2.75) is 31.6 Å². The number of rotatable bonds is 5. The standard InChI is InChI=1S/C12H17ClO3S/c1-3-11(17(15,16)4-2)12(14)9-6-5-7-10(13)8-9/h5-8,11-12,14H,3-4H2,1-2H3/t11-,12-/m0/s1. The van der Waals surface area contributed by atoms with Gasteiger partial charge in [0.15, 0.2) is 9.84 Å². The molecule has 0 aliphatic carbocycles. The third-order valence-electron chi connectivity index (χ3n) is 2.81. The number of halogens is 1. The van der Waals surface area contributed by atoms with Crippen LogP contribution in [0.3, 0.4) is 0 Å². The van der Waals surface area contributed by atoms with Crippen molar-refractivity contribution < 1.29 is 13.5 Å². The van der Waals surface area contributed by atoms with Crippen LogP contribution in [0.1, 0.15) is 31.9 Å². The predicted molar refractivity (Wildman–Crippen MR) is 70.0 cm³/mol. The third kappa shape index (κ3) is 3.44. The molecule has 0 fully saturated rings. The Kier molecular flexibility index (Phi) is 4.98. The minimum Gasteiger partial charge on any atom is -0.387 e. The van der Waals surface area contributed by atoms with Gasteiger partial charge >= 0.3 is 0 Å². The maximum Gasteiger partial charge on any atom is 0.155 e. The van der Waals surface area contributed by atoms with Crippen LogP contribution >= 0.6 is 11.6 Å². The van der Waals surface area contributed by atoms with E-state index in [2.05, 4.69) is 0 Å². The van der Waals surface area contributed by atoms with E-state index in [1.165, 1.54) is 0 Å². The first-order valence-corrected chi connectivity index (χ1v) is 7.66. The molecule has 0 aliphatic heterocycles. The number of hydrogen-bond donors (Lipinski definition) is 1. The van der Waals surface area contributed by atoms with Crippen LogP contribution in [0, 0.1) is 0 Å². The monoisotopic (exact) mass is 276 g/mol. The highest BCUT2D eigenvalue weighted by Crippen LogP contribution is 2.26. The van der Waals surface area contributed by atoms with E-state index in [9.17, 15) is 13.5 Å². The van der Waals surface area contributed by atoms with E-state index in [0.717, 1.165) is 0 Å². The predicted octanol–water partition coefficient (Wildman–Crippen LogP) is 2.59. The minimum absolute atomic E-state index is 0.0309. The van der Waals surface area contributed by atoms with Crippen LogP contribution in [-0.4, -0.2) is 24.5 Å². The minimum atomic E-state index is -3.26. The van der Waals surface area contributed by atoms with Gasteiger partial charge in [0.2, 0.25) is 0 Å². The molecule has 96 valence electrons. The first kappa shape index (κ1) is 14.5. The van der Waals surface area contributed by atoms with E-state index in [-0.39, 0.29) is 5.75 Å². The van der Waals surface area contributed by atoms with Gasteiger partial charge < -0.3 is 5.11 Å². The van der Waals surface area contributed by atoms with Crippen molar-refractivity contribution in [3.05, 3.63) is 34.9 Å². The highest BCUT2D eigenvalue weighted by atomic mass is 35.5. The Morgan fingerprint density at radius 3 is 2.47 bits per heavy atom. The molecular weight excluding hydrogens is 260 g/mol. The molecular formula is C12H17ClO3S. The molecule has 5 heteroatoms. The molecule has 1 rings (SSSR count). The maximum atomic E-state index is 11.8. The second kappa shape index (κ2) is 5.85. The Morgan fingerprint density at radius 1 is 1.35 bits per heavy atom. The zero-order chi connectivity index (χ0) is 13.1. The SMILES string of the molecule is CC[C@@H]([C@@H](O)c1cccc(Cl)c1)S(=O)(=O)CC. The van der Waals surface area contributed by atoms with Crippen molar-refractivity contribution in [1.29, 1.82) is 0 Å². The zero-order valence-corrected chi connectivity index (χ0v) is 11.5. The topological polar surface area (TPSA) is 54.4 Å². The molecule has 0 radical (unpaired) electrons. The Hall–Kier alpha value is -0.580. The van der Waals surface area contributed by atoms with E-state index < -0.39 is 21.2 Å². The smallest absolute Gasteiger partial charge is 0.155 e. The normalized spacial score (nSPS) is 15.5. The summed E-state index contributed by atoms with van der Waals surface area (Å²) in [4.78, 5) is 0. The van der Waals surface area contributed by atoms with Gasteiger partial charge in [0, 0.05) is 10.8 Å². The third-order valence-corrected chi connectivity index (χ3v) is 5.36. The Labute approximate surface area is 107 Å². The van der Waals surface area contributed by atoms with Crippen LogP contribution in [0.5, 0.6) is 0 Å². The van der Waals surface area contributed by atoms with E-state index in [4.69, 9.17) is 11.6 Å². The van der Waals surface area contributed by atoms with Gasteiger partial charge in [0.1, 0.15) is 0 Å². The number of aliphatic hydroxyl groups excluding tert-OH is 1. The highest BCUT2D eigenvalue weighted by Gasteiger charge is 2.30. The second-order valence-electron chi connectivity index (χ2n) is 3.90. The molecule has 17 heavy (non-hydrogen) atoms. The molecule has 0 unspecified atom stereocenters. The molecule has 0 saturated heterocycles. The molecule has 1 N–H and O–H groups in total. The Bertz CT molecular complexity index is 470. The Balaban J connectivity index is 3.06. The molecule has 0 aromatic heterocycles. The summed E-state index contributed by atoms with van der Waals surface area (Å²) in [6, 6.07) is 6.67. The van der Waals surface area contributed by atoms with Crippen molar-refractivity contribution in [3.63, 3.8) is 0 Å². The van der Waals surface area contributed by atoms with Crippen LogP contribution in [0.15, 0.2) is 24.3 Å². The van der Waals surface area contributed by atoms with Crippen molar-refractivity contribution in [1.82, 2.24) is 0 Å². The van der Waals surface area contributed by atoms with Gasteiger partial charge in [-0.15, -0.1) is 0 Å². The fourth-order valence-electron chi connectivity index (χ4n) is 1.79. The van der Waals surface area contributed by atoms with Crippen molar-refractivity contribution in [2.75, 3.05) is 5.75 Å². The maximum absolute atomic E-state index is 11.8. The summed E-state index contributed by atoms with van der Waals surface area (Å²) >= 11 is 5.82. The lowest BCUT2D eigenvalue weighted by atomic mass is 10.1. The molecule has 0 aliphatic rings. The van der Waals surface area contributed by atoms with Crippen molar-refractivity contribution in [3.8, 4) is 0 Å². The number of sulfone groups is 1.